The first kappa shape index (κ1) is 6.18. The Morgan fingerprint density at radius 1 is 1.57 bits per heavy atom. The van der Waals surface area contributed by atoms with Gasteiger partial charge in [0.25, 0.3) is 0 Å². The van der Waals surface area contributed by atoms with E-state index in [4.69, 9.17) is 23.2 Å². The standard InChI is InChI=1S/C4H5BrCl2/c1-3(5)2-4(3,6)7/h2H2,1H3. The predicted octanol–water partition coefficient (Wildman–Crippen LogP) is 2.72. The second-order valence-electron chi connectivity index (χ2n) is 2.08. The van der Waals surface area contributed by atoms with Gasteiger partial charge < -0.3 is 0 Å². The quantitative estimate of drug-likeness (QED) is 0.532. The van der Waals surface area contributed by atoms with Crippen molar-refractivity contribution in [2.75, 3.05) is 0 Å². The molecule has 0 aromatic heterocycles. The fraction of sp³-hybridized carbons (Fsp3) is 1.00. The maximum atomic E-state index is 5.65. The van der Waals surface area contributed by atoms with E-state index in [1.165, 1.54) is 0 Å². The van der Waals surface area contributed by atoms with E-state index in [0.29, 0.717) is 0 Å². The van der Waals surface area contributed by atoms with Crippen molar-refractivity contribution in [3.05, 3.63) is 0 Å². The third-order valence-electron chi connectivity index (χ3n) is 1.19. The van der Waals surface area contributed by atoms with E-state index >= 15 is 0 Å². The lowest BCUT2D eigenvalue weighted by Gasteiger charge is -1.97. The molecule has 1 unspecified atom stereocenters. The minimum Gasteiger partial charge on any atom is -0.100 e. The van der Waals surface area contributed by atoms with Crippen molar-refractivity contribution < 1.29 is 0 Å². The van der Waals surface area contributed by atoms with Gasteiger partial charge in [0, 0.05) is 0 Å². The van der Waals surface area contributed by atoms with Gasteiger partial charge in [0.15, 0.2) is 0 Å². The Labute approximate surface area is 61.3 Å². The van der Waals surface area contributed by atoms with E-state index in [1.54, 1.807) is 0 Å². The van der Waals surface area contributed by atoms with Crippen LogP contribution in [-0.2, 0) is 0 Å². The van der Waals surface area contributed by atoms with Gasteiger partial charge >= 0.3 is 0 Å². The van der Waals surface area contributed by atoms with Crippen LogP contribution in [0.1, 0.15) is 13.3 Å². The number of halogens is 3. The summed E-state index contributed by atoms with van der Waals surface area (Å²) in [5.41, 5.74) is 0. The molecule has 0 aliphatic heterocycles. The molecule has 0 aromatic rings. The van der Waals surface area contributed by atoms with Crippen molar-refractivity contribution in [1.29, 1.82) is 0 Å². The molecule has 0 heterocycles. The summed E-state index contributed by atoms with van der Waals surface area (Å²) < 4.78 is -0.504. The lowest BCUT2D eigenvalue weighted by Crippen LogP contribution is -1.99. The highest BCUT2D eigenvalue weighted by atomic mass is 79.9. The van der Waals surface area contributed by atoms with Crippen molar-refractivity contribution in [2.45, 2.75) is 22.0 Å². The summed E-state index contributed by atoms with van der Waals surface area (Å²) in [7, 11) is 0. The number of rotatable bonds is 0. The molecule has 1 fully saturated rings. The van der Waals surface area contributed by atoms with Crippen molar-refractivity contribution in [2.24, 2.45) is 0 Å². The Morgan fingerprint density at radius 3 is 1.71 bits per heavy atom. The first-order valence-corrected chi connectivity index (χ1v) is 3.57. The Hall–Kier alpha value is 1.06. The molecule has 0 nitrogen and oxygen atoms in total. The van der Waals surface area contributed by atoms with Gasteiger partial charge in [0.05, 0.1) is 4.32 Å². The highest BCUT2D eigenvalue weighted by molar-refractivity contribution is 9.10. The number of hydrogen-bond donors (Lipinski definition) is 0. The Bertz CT molecular complexity index is 85.9. The van der Waals surface area contributed by atoms with Crippen LogP contribution >= 0.6 is 39.1 Å². The lowest BCUT2D eigenvalue weighted by molar-refractivity contribution is 1.06. The summed E-state index contributed by atoms with van der Waals surface area (Å²) in [6.45, 7) is 1.98. The molecule has 0 spiro atoms. The van der Waals surface area contributed by atoms with Crippen molar-refractivity contribution in [3.8, 4) is 0 Å². The molecule has 3 heteroatoms. The van der Waals surface area contributed by atoms with E-state index in [9.17, 15) is 0 Å². The molecule has 1 aliphatic carbocycles. The van der Waals surface area contributed by atoms with Gasteiger partial charge in [-0.3, -0.25) is 0 Å². The highest BCUT2D eigenvalue weighted by Crippen LogP contribution is 2.61. The first-order valence-electron chi connectivity index (χ1n) is 2.02. The van der Waals surface area contributed by atoms with Gasteiger partial charge in [-0.05, 0) is 13.3 Å². The summed E-state index contributed by atoms with van der Waals surface area (Å²) in [6, 6.07) is 0. The molecule has 0 aromatic carbocycles. The molecule has 0 N–H and O–H groups in total. The van der Waals surface area contributed by atoms with E-state index < -0.39 is 4.33 Å². The van der Waals surface area contributed by atoms with Crippen LogP contribution < -0.4 is 0 Å². The Kier molecular flexibility index (Phi) is 1.16. The smallest absolute Gasteiger partial charge is 0.100 e. The molecule has 0 saturated heterocycles. The van der Waals surface area contributed by atoms with Crippen LogP contribution in [0, 0.1) is 0 Å². The molecular weight excluding hydrogens is 199 g/mol. The second kappa shape index (κ2) is 1.31. The van der Waals surface area contributed by atoms with Crippen LogP contribution in [0.4, 0.5) is 0 Å². The Balaban J connectivity index is 2.59. The minimum atomic E-state index is -0.493. The van der Waals surface area contributed by atoms with E-state index in [2.05, 4.69) is 15.9 Å². The van der Waals surface area contributed by atoms with Crippen LogP contribution in [0.2, 0.25) is 0 Å². The molecule has 1 atom stereocenters. The topological polar surface area (TPSA) is 0 Å². The van der Waals surface area contributed by atoms with Crippen molar-refractivity contribution in [3.63, 3.8) is 0 Å². The molecule has 1 aliphatic rings. The second-order valence-corrected chi connectivity index (χ2v) is 5.31. The van der Waals surface area contributed by atoms with Crippen molar-refractivity contribution in [1.82, 2.24) is 0 Å². The van der Waals surface area contributed by atoms with Gasteiger partial charge in [-0.1, -0.05) is 15.9 Å². The highest BCUT2D eigenvalue weighted by Gasteiger charge is 2.61. The third-order valence-corrected chi connectivity index (χ3v) is 3.71. The minimum absolute atomic E-state index is 0.0108. The van der Waals surface area contributed by atoms with Gasteiger partial charge in [0.2, 0.25) is 0 Å². The fourth-order valence-corrected chi connectivity index (χ4v) is 1.65. The van der Waals surface area contributed by atoms with Crippen LogP contribution in [-0.4, -0.2) is 8.66 Å². The third kappa shape index (κ3) is 0.914. The van der Waals surface area contributed by atoms with E-state index in [-0.39, 0.29) is 4.32 Å². The summed E-state index contributed by atoms with van der Waals surface area (Å²) in [5, 5.41) is 0. The summed E-state index contributed by atoms with van der Waals surface area (Å²) >= 11 is 14.6. The van der Waals surface area contributed by atoms with Gasteiger partial charge in [-0.15, -0.1) is 23.2 Å². The molecule has 0 radical (unpaired) electrons. The van der Waals surface area contributed by atoms with E-state index in [0.717, 1.165) is 6.42 Å². The average molecular weight is 204 g/mol. The predicted molar refractivity (Wildman–Crippen MR) is 36.4 cm³/mol. The summed E-state index contributed by atoms with van der Waals surface area (Å²) in [4.78, 5) is 0. The molecule has 1 rings (SSSR count). The lowest BCUT2D eigenvalue weighted by atomic mass is 10.5. The molecule has 0 bridgehead atoms. The maximum Gasteiger partial charge on any atom is 0.134 e. The first-order chi connectivity index (χ1) is 2.96. The molecule has 1 saturated carbocycles. The van der Waals surface area contributed by atoms with Gasteiger partial charge in [0.1, 0.15) is 4.33 Å². The largest absolute Gasteiger partial charge is 0.134 e. The molecular formula is C4H5BrCl2. The summed E-state index contributed by atoms with van der Waals surface area (Å²) in [6.07, 6.45) is 0.850. The van der Waals surface area contributed by atoms with Crippen LogP contribution in [0.3, 0.4) is 0 Å². The maximum absolute atomic E-state index is 5.65. The fourth-order valence-electron chi connectivity index (χ4n) is 0.373. The number of alkyl halides is 3. The van der Waals surface area contributed by atoms with Crippen molar-refractivity contribution >= 4 is 39.1 Å². The monoisotopic (exact) mass is 202 g/mol. The number of hydrogen-bond acceptors (Lipinski definition) is 0. The normalized spacial score (nSPS) is 46.3. The zero-order valence-corrected chi connectivity index (χ0v) is 6.94. The average Bonchev–Trinajstić information content (AvgIpc) is 1.63. The van der Waals surface area contributed by atoms with Gasteiger partial charge in [-0.2, -0.15) is 0 Å². The van der Waals surface area contributed by atoms with Crippen LogP contribution in [0.15, 0.2) is 0 Å². The zero-order chi connectivity index (χ0) is 5.71. The molecule has 0 amide bonds. The molecule has 42 valence electrons. The van der Waals surface area contributed by atoms with Crippen LogP contribution in [0.5, 0.6) is 0 Å². The zero-order valence-electron chi connectivity index (χ0n) is 3.84. The van der Waals surface area contributed by atoms with Crippen LogP contribution in [0.25, 0.3) is 0 Å². The van der Waals surface area contributed by atoms with E-state index in [1.807, 2.05) is 6.92 Å². The van der Waals surface area contributed by atoms with Gasteiger partial charge in [-0.25, -0.2) is 0 Å². The summed E-state index contributed by atoms with van der Waals surface area (Å²) in [5.74, 6) is 0. The Morgan fingerprint density at radius 2 is 1.71 bits per heavy atom. The molecule has 7 heavy (non-hydrogen) atoms. The SMILES string of the molecule is CC1(Br)CC1(Cl)Cl.